The second-order valence-corrected chi connectivity index (χ2v) is 7.48. The number of anilines is 1. The molecular formula is C22H23FN4O3. The molecule has 1 fully saturated rings. The molecule has 0 unspecified atom stereocenters. The number of aliphatic imine (C=N–C) groups is 1. The summed E-state index contributed by atoms with van der Waals surface area (Å²) < 4.78 is 18.4. The van der Waals surface area contributed by atoms with Crippen LogP contribution in [0.4, 0.5) is 10.1 Å². The van der Waals surface area contributed by atoms with Crippen molar-refractivity contribution < 1.29 is 18.7 Å². The Labute approximate surface area is 173 Å². The van der Waals surface area contributed by atoms with Gasteiger partial charge in [-0.15, -0.1) is 0 Å². The topological polar surface area (TPSA) is 83.0 Å². The first kappa shape index (κ1) is 20.0. The number of nitrogens with zero attached hydrogens (tertiary/aromatic N) is 2. The van der Waals surface area contributed by atoms with E-state index in [0.29, 0.717) is 48.6 Å². The lowest BCUT2D eigenvalue weighted by molar-refractivity contribution is -0.119. The van der Waals surface area contributed by atoms with Gasteiger partial charge in [0.1, 0.15) is 22.9 Å². The van der Waals surface area contributed by atoms with E-state index in [1.54, 1.807) is 31.4 Å². The minimum atomic E-state index is -0.656. The summed E-state index contributed by atoms with van der Waals surface area (Å²) in [6.07, 6.45) is 1.21. The van der Waals surface area contributed by atoms with E-state index >= 15 is 0 Å². The number of carbonyl (C=O) groups excluding carboxylic acids is 2. The van der Waals surface area contributed by atoms with Crippen molar-refractivity contribution in [3.63, 3.8) is 0 Å². The average molecular weight is 410 g/mol. The number of amides is 2. The fraction of sp³-hybridized carbons (Fsp3) is 0.318. The van der Waals surface area contributed by atoms with Crippen LogP contribution in [0.5, 0.6) is 5.75 Å². The number of nitrogens with one attached hydrogen (secondary N) is 2. The third kappa shape index (κ3) is 4.18. The van der Waals surface area contributed by atoms with E-state index in [4.69, 9.17) is 4.74 Å². The van der Waals surface area contributed by atoms with Gasteiger partial charge in [0.15, 0.2) is 0 Å². The number of piperidine rings is 1. The molecule has 30 heavy (non-hydrogen) atoms. The van der Waals surface area contributed by atoms with Crippen LogP contribution in [0.15, 0.2) is 53.5 Å². The van der Waals surface area contributed by atoms with Crippen LogP contribution < -0.4 is 15.4 Å². The monoisotopic (exact) mass is 410 g/mol. The Bertz CT molecular complexity index is 982. The second kappa shape index (κ2) is 8.23. The highest BCUT2D eigenvalue weighted by Gasteiger charge is 2.42. The summed E-state index contributed by atoms with van der Waals surface area (Å²) in [4.78, 5) is 31.6. The highest BCUT2D eigenvalue weighted by molar-refractivity contribution is 6.46. The molecule has 2 aromatic carbocycles. The van der Waals surface area contributed by atoms with Crippen LogP contribution in [0.1, 0.15) is 18.4 Å². The van der Waals surface area contributed by atoms with Gasteiger partial charge in [-0.05, 0) is 36.4 Å². The molecule has 0 aromatic heterocycles. The van der Waals surface area contributed by atoms with Gasteiger partial charge in [0.05, 0.1) is 19.3 Å². The fourth-order valence-electron chi connectivity index (χ4n) is 3.83. The number of halogens is 1. The summed E-state index contributed by atoms with van der Waals surface area (Å²) >= 11 is 0. The van der Waals surface area contributed by atoms with Crippen LogP contribution in [-0.2, 0) is 9.59 Å². The molecular weight excluding hydrogens is 387 g/mol. The highest BCUT2D eigenvalue weighted by Crippen LogP contribution is 2.29. The van der Waals surface area contributed by atoms with Gasteiger partial charge in [-0.25, -0.2) is 4.39 Å². The Balaban J connectivity index is 1.36. The summed E-state index contributed by atoms with van der Waals surface area (Å²) in [7, 11) is 1.56. The van der Waals surface area contributed by atoms with Gasteiger partial charge in [-0.1, -0.05) is 12.1 Å². The maximum atomic E-state index is 13.2. The number of methoxy groups -OCH3 is 1. The zero-order valence-corrected chi connectivity index (χ0v) is 16.7. The molecule has 1 spiro atoms. The molecule has 156 valence electrons. The molecule has 2 amide bonds. The lowest BCUT2D eigenvalue weighted by atomic mass is 9.98. The van der Waals surface area contributed by atoms with E-state index < -0.39 is 5.66 Å². The maximum absolute atomic E-state index is 13.2. The molecule has 2 aliphatic heterocycles. The third-order valence-electron chi connectivity index (χ3n) is 5.44. The van der Waals surface area contributed by atoms with Crippen LogP contribution in [-0.4, -0.2) is 54.8 Å². The van der Waals surface area contributed by atoms with Crippen LogP contribution in [0.25, 0.3) is 0 Å². The van der Waals surface area contributed by atoms with Gasteiger partial charge in [0.25, 0.3) is 5.91 Å². The minimum Gasteiger partial charge on any atom is -0.495 e. The Morgan fingerprint density at radius 3 is 2.60 bits per heavy atom. The number of rotatable bonds is 5. The lowest BCUT2D eigenvalue weighted by Crippen LogP contribution is -2.52. The van der Waals surface area contributed by atoms with E-state index in [9.17, 15) is 14.0 Å². The van der Waals surface area contributed by atoms with E-state index in [1.807, 2.05) is 17.0 Å². The molecule has 0 atom stereocenters. The van der Waals surface area contributed by atoms with E-state index in [0.717, 1.165) is 0 Å². The highest BCUT2D eigenvalue weighted by atomic mass is 19.1. The van der Waals surface area contributed by atoms with Crippen molar-refractivity contribution in [2.24, 2.45) is 4.99 Å². The SMILES string of the molecule is COc1ccccc1NC(=O)CN1CCC2(CC1)N=C(c1ccc(F)cc1)C(=O)N2. The van der Waals surface area contributed by atoms with Crippen molar-refractivity contribution in [1.29, 1.82) is 0 Å². The number of hydrogen-bond acceptors (Lipinski definition) is 5. The largest absolute Gasteiger partial charge is 0.495 e. The molecule has 4 rings (SSSR count). The zero-order valence-electron chi connectivity index (χ0n) is 16.7. The predicted molar refractivity (Wildman–Crippen MR) is 111 cm³/mol. The molecule has 7 nitrogen and oxygen atoms in total. The summed E-state index contributed by atoms with van der Waals surface area (Å²) in [5.41, 5.74) is 0.910. The molecule has 1 saturated heterocycles. The standard InChI is InChI=1S/C22H23FN4O3/c1-30-18-5-3-2-4-17(18)24-19(28)14-27-12-10-22(11-13-27)25-20(21(29)26-22)15-6-8-16(23)9-7-15/h2-9H,10-14H2,1H3,(H,24,28)(H,26,29). The minimum absolute atomic E-state index is 0.124. The predicted octanol–water partition coefficient (Wildman–Crippen LogP) is 2.18. The van der Waals surface area contributed by atoms with Gasteiger partial charge in [-0.3, -0.25) is 19.5 Å². The molecule has 2 aliphatic rings. The molecule has 0 saturated carbocycles. The maximum Gasteiger partial charge on any atom is 0.272 e. The van der Waals surface area contributed by atoms with Gasteiger partial charge in [0, 0.05) is 31.5 Å². The van der Waals surface area contributed by atoms with Crippen molar-refractivity contribution in [3.8, 4) is 5.75 Å². The fourth-order valence-corrected chi connectivity index (χ4v) is 3.83. The van der Waals surface area contributed by atoms with E-state index in [2.05, 4.69) is 15.6 Å². The van der Waals surface area contributed by atoms with Gasteiger partial charge in [-0.2, -0.15) is 0 Å². The Hall–Kier alpha value is -3.26. The average Bonchev–Trinajstić information content (AvgIpc) is 3.06. The second-order valence-electron chi connectivity index (χ2n) is 7.48. The van der Waals surface area contributed by atoms with Gasteiger partial charge in [0.2, 0.25) is 5.91 Å². The van der Waals surface area contributed by atoms with Gasteiger partial charge >= 0.3 is 0 Å². The summed E-state index contributed by atoms with van der Waals surface area (Å²) in [5.74, 6) is -0.114. The number of likely N-dealkylation sites (tertiary alicyclic amines) is 1. The molecule has 2 aromatic rings. The Morgan fingerprint density at radius 1 is 1.20 bits per heavy atom. The van der Waals surface area contributed by atoms with E-state index in [-0.39, 0.29) is 24.2 Å². The van der Waals surface area contributed by atoms with Crippen LogP contribution in [0.2, 0.25) is 0 Å². The number of hydrogen-bond donors (Lipinski definition) is 2. The first-order chi connectivity index (χ1) is 14.5. The molecule has 0 radical (unpaired) electrons. The van der Waals surface area contributed by atoms with E-state index in [1.165, 1.54) is 12.1 Å². The number of ether oxygens (including phenoxy) is 1. The zero-order chi connectivity index (χ0) is 21.1. The number of para-hydroxylation sites is 2. The quantitative estimate of drug-likeness (QED) is 0.792. The van der Waals surface area contributed by atoms with Crippen LogP contribution >= 0.6 is 0 Å². The first-order valence-electron chi connectivity index (χ1n) is 9.81. The molecule has 2 heterocycles. The molecule has 8 heteroatoms. The van der Waals surface area contributed by atoms with Crippen molar-refractivity contribution in [1.82, 2.24) is 10.2 Å². The molecule has 2 N–H and O–H groups in total. The number of carbonyl (C=O) groups is 2. The normalized spacial score (nSPS) is 18.1. The van der Waals surface area contributed by atoms with Crippen molar-refractivity contribution in [2.45, 2.75) is 18.5 Å². The van der Waals surface area contributed by atoms with Crippen LogP contribution in [0, 0.1) is 5.82 Å². The first-order valence-corrected chi connectivity index (χ1v) is 9.81. The third-order valence-corrected chi connectivity index (χ3v) is 5.44. The summed E-state index contributed by atoms with van der Waals surface area (Å²) in [5, 5.41) is 5.86. The molecule has 0 aliphatic carbocycles. The van der Waals surface area contributed by atoms with Gasteiger partial charge < -0.3 is 15.4 Å². The summed E-state index contributed by atoms with van der Waals surface area (Å²) in [6, 6.07) is 13.0. The van der Waals surface area contributed by atoms with Crippen molar-refractivity contribution >= 4 is 23.2 Å². The Morgan fingerprint density at radius 2 is 1.90 bits per heavy atom. The summed E-state index contributed by atoms with van der Waals surface area (Å²) in [6.45, 7) is 1.50. The number of benzene rings is 2. The smallest absolute Gasteiger partial charge is 0.272 e. The Kier molecular flexibility index (Phi) is 5.50. The van der Waals surface area contributed by atoms with Crippen molar-refractivity contribution in [2.75, 3.05) is 32.1 Å². The van der Waals surface area contributed by atoms with Crippen LogP contribution in [0.3, 0.4) is 0 Å². The molecule has 0 bridgehead atoms. The lowest BCUT2D eigenvalue weighted by Gasteiger charge is -2.36. The van der Waals surface area contributed by atoms with Crippen molar-refractivity contribution in [3.05, 3.63) is 59.9 Å².